The summed E-state index contributed by atoms with van der Waals surface area (Å²) in [7, 11) is 1.44. The van der Waals surface area contributed by atoms with Crippen LogP contribution in [0.4, 0.5) is 10.5 Å². The number of rotatable bonds is 4. The van der Waals surface area contributed by atoms with Crippen LogP contribution in [0.1, 0.15) is 17.5 Å². The number of nitrogens with zero attached hydrogens (tertiary/aromatic N) is 1. The molecule has 2 aromatic carbocycles. The van der Waals surface area contributed by atoms with Crippen LogP contribution >= 0.6 is 0 Å². The predicted octanol–water partition coefficient (Wildman–Crippen LogP) is 2.82. The standard InChI is InChI=1S/C19H20N2O4/c1-24-21-17-10-6-5-9-15(17)11-12-16(18(21)22)20-19(23)25-13-14-7-3-2-4-8-14/h2-10,16H,11-13H2,1H3,(H,20,23)/t16-/m0/s1. The third-order valence-corrected chi connectivity index (χ3v) is 4.10. The Labute approximate surface area is 146 Å². The van der Waals surface area contributed by atoms with E-state index in [1.54, 1.807) is 0 Å². The number of nitrogens with one attached hydrogen (secondary N) is 1. The highest BCUT2D eigenvalue weighted by molar-refractivity contribution is 5.98. The lowest BCUT2D eigenvalue weighted by atomic mass is 10.1. The minimum Gasteiger partial charge on any atom is -0.445 e. The molecule has 130 valence electrons. The molecule has 0 saturated heterocycles. The lowest BCUT2D eigenvalue weighted by Crippen LogP contribution is -2.47. The van der Waals surface area contributed by atoms with E-state index >= 15 is 0 Å². The number of benzene rings is 2. The van der Waals surface area contributed by atoms with Gasteiger partial charge in [0.2, 0.25) is 0 Å². The zero-order valence-electron chi connectivity index (χ0n) is 14.0. The van der Waals surface area contributed by atoms with Gasteiger partial charge in [-0.15, -0.1) is 0 Å². The Kier molecular flexibility index (Phi) is 5.30. The number of hydrogen-bond acceptors (Lipinski definition) is 4. The Bertz CT molecular complexity index is 748. The Morgan fingerprint density at radius 3 is 2.64 bits per heavy atom. The zero-order valence-corrected chi connectivity index (χ0v) is 14.0. The van der Waals surface area contributed by atoms with Crippen LogP contribution in [0.25, 0.3) is 0 Å². The summed E-state index contributed by atoms with van der Waals surface area (Å²) in [6.07, 6.45) is 0.519. The number of hydrogen-bond donors (Lipinski definition) is 1. The summed E-state index contributed by atoms with van der Waals surface area (Å²) >= 11 is 0. The van der Waals surface area contributed by atoms with Crippen molar-refractivity contribution in [1.82, 2.24) is 5.32 Å². The molecule has 0 unspecified atom stereocenters. The van der Waals surface area contributed by atoms with E-state index < -0.39 is 12.1 Å². The van der Waals surface area contributed by atoms with Crippen molar-refractivity contribution in [1.29, 1.82) is 0 Å². The first-order valence-corrected chi connectivity index (χ1v) is 8.12. The van der Waals surface area contributed by atoms with Crippen LogP contribution in [0.5, 0.6) is 0 Å². The monoisotopic (exact) mass is 340 g/mol. The van der Waals surface area contributed by atoms with Gasteiger partial charge >= 0.3 is 6.09 Å². The molecule has 0 bridgehead atoms. The van der Waals surface area contributed by atoms with Crippen LogP contribution < -0.4 is 10.4 Å². The van der Waals surface area contributed by atoms with Crippen molar-refractivity contribution in [2.45, 2.75) is 25.5 Å². The normalized spacial score (nSPS) is 16.8. The van der Waals surface area contributed by atoms with Gasteiger partial charge in [0.1, 0.15) is 12.6 Å². The number of para-hydroxylation sites is 1. The first-order chi connectivity index (χ1) is 12.2. The van der Waals surface area contributed by atoms with E-state index in [-0.39, 0.29) is 12.5 Å². The van der Waals surface area contributed by atoms with Crippen LogP contribution in [0.3, 0.4) is 0 Å². The average molecular weight is 340 g/mol. The second-order valence-electron chi connectivity index (χ2n) is 5.74. The van der Waals surface area contributed by atoms with Crippen LogP contribution in [0, 0.1) is 0 Å². The van der Waals surface area contributed by atoms with Gasteiger partial charge in [-0.1, -0.05) is 48.5 Å². The van der Waals surface area contributed by atoms with E-state index in [0.717, 1.165) is 11.1 Å². The maximum atomic E-state index is 12.7. The van der Waals surface area contributed by atoms with Gasteiger partial charge in [0.25, 0.3) is 5.91 Å². The number of hydroxylamine groups is 1. The van der Waals surface area contributed by atoms with Crippen molar-refractivity contribution in [3.05, 3.63) is 65.7 Å². The number of anilines is 1. The van der Waals surface area contributed by atoms with Crippen molar-refractivity contribution >= 4 is 17.7 Å². The van der Waals surface area contributed by atoms with Gasteiger partial charge in [-0.25, -0.2) is 4.79 Å². The molecule has 6 heteroatoms. The number of aryl methyl sites for hydroxylation is 1. The summed E-state index contributed by atoms with van der Waals surface area (Å²) in [5, 5.41) is 3.87. The highest BCUT2D eigenvalue weighted by atomic mass is 16.7. The third kappa shape index (κ3) is 3.97. The smallest absolute Gasteiger partial charge is 0.408 e. The Morgan fingerprint density at radius 1 is 1.16 bits per heavy atom. The van der Waals surface area contributed by atoms with E-state index in [4.69, 9.17) is 9.57 Å². The molecule has 0 spiro atoms. The molecule has 1 aliphatic heterocycles. The number of carbonyl (C=O) groups is 2. The lowest BCUT2D eigenvalue weighted by molar-refractivity contribution is -0.126. The molecule has 1 aliphatic rings. The van der Waals surface area contributed by atoms with Crippen molar-refractivity contribution in [2.75, 3.05) is 12.2 Å². The van der Waals surface area contributed by atoms with Crippen molar-refractivity contribution < 1.29 is 19.2 Å². The minimum absolute atomic E-state index is 0.155. The van der Waals surface area contributed by atoms with E-state index in [0.29, 0.717) is 18.5 Å². The number of amides is 2. The fourth-order valence-corrected chi connectivity index (χ4v) is 2.83. The second-order valence-corrected chi connectivity index (χ2v) is 5.74. The van der Waals surface area contributed by atoms with Gasteiger partial charge in [-0.2, -0.15) is 5.06 Å². The van der Waals surface area contributed by atoms with Crippen LogP contribution in [0.15, 0.2) is 54.6 Å². The lowest BCUT2D eigenvalue weighted by Gasteiger charge is -2.23. The van der Waals surface area contributed by atoms with Crippen molar-refractivity contribution in [3.8, 4) is 0 Å². The molecule has 2 amide bonds. The molecule has 1 N–H and O–H groups in total. The minimum atomic E-state index is -0.698. The molecule has 1 atom stereocenters. The highest BCUT2D eigenvalue weighted by Crippen LogP contribution is 2.26. The van der Waals surface area contributed by atoms with Gasteiger partial charge in [0.05, 0.1) is 12.8 Å². The second kappa shape index (κ2) is 7.81. The average Bonchev–Trinajstić information content (AvgIpc) is 2.78. The summed E-state index contributed by atoms with van der Waals surface area (Å²) < 4.78 is 5.20. The maximum Gasteiger partial charge on any atom is 0.408 e. The molecule has 0 aromatic heterocycles. The van der Waals surface area contributed by atoms with E-state index in [1.807, 2.05) is 54.6 Å². The SMILES string of the molecule is CON1C(=O)[C@@H](NC(=O)OCc2ccccc2)CCc2ccccc21. The van der Waals surface area contributed by atoms with Gasteiger partial charge in [0, 0.05) is 0 Å². The van der Waals surface area contributed by atoms with Crippen molar-refractivity contribution in [2.24, 2.45) is 0 Å². The summed E-state index contributed by atoms with van der Waals surface area (Å²) in [6, 6.07) is 16.2. The summed E-state index contributed by atoms with van der Waals surface area (Å²) in [4.78, 5) is 30.0. The molecule has 1 heterocycles. The highest BCUT2D eigenvalue weighted by Gasteiger charge is 2.32. The van der Waals surface area contributed by atoms with Gasteiger partial charge in [-0.05, 0) is 30.0 Å². The summed E-state index contributed by atoms with van der Waals surface area (Å²) in [5.74, 6) is -0.316. The Hall–Kier alpha value is -2.86. The quantitative estimate of drug-likeness (QED) is 0.929. The molecule has 0 radical (unpaired) electrons. The van der Waals surface area contributed by atoms with E-state index in [1.165, 1.54) is 12.2 Å². The molecule has 3 rings (SSSR count). The number of ether oxygens (including phenoxy) is 1. The van der Waals surface area contributed by atoms with Crippen LogP contribution in [-0.4, -0.2) is 25.2 Å². The maximum absolute atomic E-state index is 12.7. The van der Waals surface area contributed by atoms with Gasteiger partial charge in [-0.3, -0.25) is 9.63 Å². The number of carbonyl (C=O) groups excluding carboxylic acids is 2. The van der Waals surface area contributed by atoms with Gasteiger partial charge < -0.3 is 10.1 Å². The molecular formula is C19H20N2O4. The fraction of sp³-hybridized carbons (Fsp3) is 0.263. The molecule has 2 aromatic rings. The topological polar surface area (TPSA) is 67.9 Å². The first-order valence-electron chi connectivity index (χ1n) is 8.12. The molecular weight excluding hydrogens is 320 g/mol. The molecule has 0 aliphatic carbocycles. The fourth-order valence-electron chi connectivity index (χ4n) is 2.83. The molecule has 25 heavy (non-hydrogen) atoms. The van der Waals surface area contributed by atoms with Crippen LogP contribution in [-0.2, 0) is 27.4 Å². The molecule has 0 saturated carbocycles. The third-order valence-electron chi connectivity index (χ3n) is 4.10. The largest absolute Gasteiger partial charge is 0.445 e. The summed E-state index contributed by atoms with van der Waals surface area (Å²) in [6.45, 7) is 0.155. The molecule has 0 fully saturated rings. The van der Waals surface area contributed by atoms with Crippen molar-refractivity contribution in [3.63, 3.8) is 0 Å². The Balaban J connectivity index is 1.64. The first kappa shape index (κ1) is 17.0. The predicted molar refractivity (Wildman–Crippen MR) is 92.8 cm³/mol. The summed E-state index contributed by atoms with van der Waals surface area (Å²) in [5.41, 5.74) is 2.59. The van der Waals surface area contributed by atoms with Gasteiger partial charge in [0.15, 0.2) is 0 Å². The zero-order chi connectivity index (χ0) is 17.6. The molecule has 6 nitrogen and oxygen atoms in total. The van der Waals surface area contributed by atoms with E-state index in [2.05, 4.69) is 5.32 Å². The van der Waals surface area contributed by atoms with Crippen LogP contribution in [0.2, 0.25) is 0 Å². The number of fused-ring (bicyclic) bond motifs is 1. The number of alkyl carbamates (subject to hydrolysis) is 1. The Morgan fingerprint density at radius 2 is 1.88 bits per heavy atom. The van der Waals surface area contributed by atoms with E-state index in [9.17, 15) is 9.59 Å².